The van der Waals surface area contributed by atoms with E-state index in [0.717, 1.165) is 6.42 Å². The summed E-state index contributed by atoms with van der Waals surface area (Å²) in [6.07, 6.45) is 2.33. The van der Waals surface area contributed by atoms with Crippen molar-refractivity contribution < 1.29 is 9.53 Å². The van der Waals surface area contributed by atoms with Gasteiger partial charge in [-0.25, -0.2) is 19.3 Å². The second kappa shape index (κ2) is 5.32. The predicted octanol–water partition coefficient (Wildman–Crippen LogP) is 1.18. The molecule has 0 saturated heterocycles. The molecule has 3 aromatic rings. The number of aromatic nitrogens is 4. The Balaban J connectivity index is 1.84. The highest BCUT2D eigenvalue weighted by Crippen LogP contribution is 2.32. The number of nitrogens with one attached hydrogen (secondary N) is 2. The van der Waals surface area contributed by atoms with Crippen LogP contribution in [0.15, 0.2) is 29.2 Å². The van der Waals surface area contributed by atoms with Crippen molar-refractivity contribution in [1.82, 2.24) is 24.8 Å². The van der Waals surface area contributed by atoms with Crippen molar-refractivity contribution in [3.8, 4) is 11.6 Å². The number of imidazole rings is 1. The van der Waals surface area contributed by atoms with Crippen LogP contribution in [0, 0.1) is 0 Å². The molecule has 0 atom stereocenters. The largest absolute Gasteiger partial charge is 0.491 e. The fourth-order valence-electron chi connectivity index (χ4n) is 3.75. The van der Waals surface area contributed by atoms with Crippen LogP contribution in [0.5, 0.6) is 5.75 Å². The van der Waals surface area contributed by atoms with Crippen LogP contribution in [0.4, 0.5) is 5.82 Å². The molecule has 0 aromatic carbocycles. The highest BCUT2D eigenvalue weighted by atomic mass is 16.5. The molecule has 5 rings (SSSR count). The molecule has 138 valence electrons. The van der Waals surface area contributed by atoms with Gasteiger partial charge in [0.1, 0.15) is 28.6 Å². The second-order valence-electron chi connectivity index (χ2n) is 7.18. The third-order valence-electron chi connectivity index (χ3n) is 5.01. The predicted molar refractivity (Wildman–Crippen MR) is 98.5 cm³/mol. The molecule has 2 aliphatic rings. The van der Waals surface area contributed by atoms with Crippen LogP contribution in [0.25, 0.3) is 17.0 Å². The third kappa shape index (κ3) is 2.24. The van der Waals surface area contributed by atoms with Gasteiger partial charge in [-0.1, -0.05) is 0 Å². The Hall–Kier alpha value is -3.36. The van der Waals surface area contributed by atoms with Gasteiger partial charge in [0.15, 0.2) is 5.65 Å². The Labute approximate surface area is 154 Å². The van der Waals surface area contributed by atoms with Crippen molar-refractivity contribution in [2.45, 2.75) is 25.9 Å². The number of carbonyl (C=O) groups is 1. The maximum atomic E-state index is 12.6. The lowest BCUT2D eigenvalue weighted by molar-refractivity contribution is 0.0896. The monoisotopic (exact) mass is 366 g/mol. The molecule has 0 saturated carbocycles. The highest BCUT2D eigenvalue weighted by molar-refractivity contribution is 6.01. The van der Waals surface area contributed by atoms with Crippen LogP contribution in [0.2, 0.25) is 0 Å². The zero-order chi connectivity index (χ0) is 18.8. The second-order valence-corrected chi connectivity index (χ2v) is 7.18. The Morgan fingerprint density at radius 2 is 2.07 bits per heavy atom. The zero-order valence-corrected chi connectivity index (χ0v) is 14.9. The number of amides is 1. The molecule has 2 N–H and O–H groups in total. The fraction of sp³-hybridized carbons (Fsp3) is 0.333. The minimum absolute atomic E-state index is 0.176. The van der Waals surface area contributed by atoms with Crippen LogP contribution < -0.4 is 20.6 Å². The first-order chi connectivity index (χ1) is 13.0. The molecule has 2 aliphatic heterocycles. The average molecular weight is 366 g/mol. The molecule has 2 bridgehead atoms. The standard InChI is InChI=1S/C18H18N6O3/c1-18(2)22-16(25)10-4-5-12-20-15(10)23(18)8-3-9-27-11-6-7-19-14-13(11)24(12)17(26)21-14/h4-7H,3,8-9H2,1-2H3,(H,22,25)(H,19,21,26). The van der Waals surface area contributed by atoms with Crippen molar-refractivity contribution in [2.24, 2.45) is 0 Å². The molecule has 0 unspecified atom stereocenters. The van der Waals surface area contributed by atoms with Gasteiger partial charge in [0.2, 0.25) is 0 Å². The number of ether oxygens (including phenoxy) is 1. The Bertz CT molecular complexity index is 1150. The summed E-state index contributed by atoms with van der Waals surface area (Å²) in [7, 11) is 0. The van der Waals surface area contributed by atoms with Gasteiger partial charge in [-0.05, 0) is 32.4 Å². The number of aromatic amines is 1. The van der Waals surface area contributed by atoms with Crippen molar-refractivity contribution in [3.05, 3.63) is 40.4 Å². The van der Waals surface area contributed by atoms with E-state index in [1.54, 1.807) is 24.4 Å². The number of fused-ring (bicyclic) bond motifs is 2. The summed E-state index contributed by atoms with van der Waals surface area (Å²) in [5.74, 6) is 1.38. The minimum Gasteiger partial charge on any atom is -0.491 e. The van der Waals surface area contributed by atoms with Gasteiger partial charge in [-0.3, -0.25) is 9.78 Å². The van der Waals surface area contributed by atoms with Gasteiger partial charge in [-0.15, -0.1) is 0 Å². The molecule has 0 radical (unpaired) electrons. The van der Waals surface area contributed by atoms with Gasteiger partial charge >= 0.3 is 5.69 Å². The Morgan fingerprint density at radius 1 is 1.22 bits per heavy atom. The SMILES string of the molecule is CC1(C)NC(=O)c2ccc3nc2N1CCCOc1ccnc2[nH]c(=O)n-3c12. The summed E-state index contributed by atoms with van der Waals surface area (Å²) in [5, 5.41) is 3.01. The molecular formula is C18H18N6O3. The molecule has 27 heavy (non-hydrogen) atoms. The number of nitrogens with zero attached hydrogens (tertiary/aromatic N) is 4. The maximum absolute atomic E-state index is 12.6. The normalized spacial score (nSPS) is 17.9. The molecule has 0 fully saturated rings. The third-order valence-corrected chi connectivity index (χ3v) is 5.01. The average Bonchev–Trinajstić information content (AvgIpc) is 2.94. The summed E-state index contributed by atoms with van der Waals surface area (Å²) in [6.45, 7) is 4.98. The number of anilines is 1. The summed E-state index contributed by atoms with van der Waals surface area (Å²) in [4.78, 5) is 38.9. The topological polar surface area (TPSA) is 105 Å². The zero-order valence-electron chi connectivity index (χ0n) is 14.9. The lowest BCUT2D eigenvalue weighted by Crippen LogP contribution is -2.61. The van der Waals surface area contributed by atoms with Gasteiger partial charge < -0.3 is 15.0 Å². The summed E-state index contributed by atoms with van der Waals surface area (Å²) >= 11 is 0. The number of pyridine rings is 2. The number of carbonyl (C=O) groups excluding carboxylic acids is 1. The van der Waals surface area contributed by atoms with Crippen LogP contribution in [0.3, 0.4) is 0 Å². The van der Waals surface area contributed by atoms with Gasteiger partial charge in [0.05, 0.1) is 12.2 Å². The summed E-state index contributed by atoms with van der Waals surface area (Å²) < 4.78 is 7.40. The molecular weight excluding hydrogens is 348 g/mol. The first-order valence-electron chi connectivity index (χ1n) is 8.80. The Morgan fingerprint density at radius 3 is 2.93 bits per heavy atom. The maximum Gasteiger partial charge on any atom is 0.333 e. The molecule has 0 spiro atoms. The fourth-order valence-corrected chi connectivity index (χ4v) is 3.75. The van der Waals surface area contributed by atoms with E-state index in [2.05, 4.69) is 15.3 Å². The van der Waals surface area contributed by atoms with Crippen LogP contribution >= 0.6 is 0 Å². The van der Waals surface area contributed by atoms with E-state index in [9.17, 15) is 9.59 Å². The smallest absolute Gasteiger partial charge is 0.333 e. The van der Waals surface area contributed by atoms with Crippen LogP contribution in [-0.4, -0.2) is 44.2 Å². The Kier molecular flexibility index (Phi) is 3.13. The summed E-state index contributed by atoms with van der Waals surface area (Å²) in [5.41, 5.74) is 0.515. The lowest BCUT2D eigenvalue weighted by Gasteiger charge is -2.44. The number of hydrogen-bond donors (Lipinski definition) is 2. The van der Waals surface area contributed by atoms with E-state index >= 15 is 0 Å². The van der Waals surface area contributed by atoms with E-state index < -0.39 is 5.66 Å². The van der Waals surface area contributed by atoms with Gasteiger partial charge in [0, 0.05) is 18.8 Å². The van der Waals surface area contributed by atoms with Gasteiger partial charge in [-0.2, -0.15) is 0 Å². The van der Waals surface area contributed by atoms with E-state index in [-0.39, 0.29) is 11.6 Å². The quantitative estimate of drug-likeness (QED) is 0.619. The number of rotatable bonds is 0. The van der Waals surface area contributed by atoms with Gasteiger partial charge in [0.25, 0.3) is 5.91 Å². The van der Waals surface area contributed by atoms with E-state index in [1.165, 1.54) is 4.57 Å². The molecule has 9 heteroatoms. The van der Waals surface area contributed by atoms with E-state index in [1.807, 2.05) is 18.7 Å². The molecule has 5 heterocycles. The number of H-pyrrole nitrogens is 1. The van der Waals surface area contributed by atoms with Crippen molar-refractivity contribution in [1.29, 1.82) is 0 Å². The molecule has 1 amide bonds. The number of hydrogen-bond acceptors (Lipinski definition) is 6. The van der Waals surface area contributed by atoms with E-state index in [4.69, 9.17) is 9.72 Å². The van der Waals surface area contributed by atoms with Crippen LogP contribution in [0.1, 0.15) is 30.6 Å². The first kappa shape index (κ1) is 15.9. The minimum atomic E-state index is -0.601. The van der Waals surface area contributed by atoms with E-state index in [0.29, 0.717) is 47.3 Å². The van der Waals surface area contributed by atoms with Crippen molar-refractivity contribution in [2.75, 3.05) is 18.1 Å². The lowest BCUT2D eigenvalue weighted by atomic mass is 10.0. The summed E-state index contributed by atoms with van der Waals surface area (Å²) in [6, 6.07) is 5.11. The highest BCUT2D eigenvalue weighted by Gasteiger charge is 2.38. The molecule has 0 aliphatic carbocycles. The van der Waals surface area contributed by atoms with Crippen molar-refractivity contribution in [3.63, 3.8) is 0 Å². The first-order valence-corrected chi connectivity index (χ1v) is 8.80. The molecule has 3 aromatic heterocycles. The molecule has 9 nitrogen and oxygen atoms in total. The van der Waals surface area contributed by atoms with Crippen LogP contribution in [-0.2, 0) is 0 Å². The van der Waals surface area contributed by atoms with Crippen molar-refractivity contribution >= 4 is 22.9 Å².